The molecule has 48 heavy (non-hydrogen) atoms. The van der Waals surface area contributed by atoms with Crippen LogP contribution in [0.3, 0.4) is 0 Å². The Morgan fingerprint density at radius 2 is 0.729 bits per heavy atom. The first kappa shape index (κ1) is 38.6. The Morgan fingerprint density at radius 1 is 0.417 bits per heavy atom. The highest BCUT2D eigenvalue weighted by atomic mass is 19.4. The summed E-state index contributed by atoms with van der Waals surface area (Å²) in [5, 5.41) is 0. The zero-order chi connectivity index (χ0) is 37.2. The van der Waals surface area contributed by atoms with Crippen LogP contribution in [0.2, 0.25) is 0 Å². The molecule has 0 saturated carbocycles. The lowest BCUT2D eigenvalue weighted by Gasteiger charge is -2.16. The van der Waals surface area contributed by atoms with E-state index in [-0.39, 0.29) is 0 Å². The van der Waals surface area contributed by atoms with Gasteiger partial charge < -0.3 is 18.9 Å². The molecule has 2 rings (SSSR count). The molecule has 258 valence electrons. The number of hydrogen-bond acceptors (Lipinski definition) is 8. The van der Waals surface area contributed by atoms with Crippen molar-refractivity contribution in [2.45, 2.75) is 24.7 Å². The third-order valence-corrected chi connectivity index (χ3v) is 5.34. The molecule has 20 heteroatoms. The van der Waals surface area contributed by atoms with Crippen LogP contribution in [0.15, 0.2) is 85.0 Å². The predicted molar refractivity (Wildman–Crippen MR) is 135 cm³/mol. The van der Waals surface area contributed by atoms with E-state index in [0.29, 0.717) is 30.3 Å². The summed E-state index contributed by atoms with van der Waals surface area (Å²) in [7, 11) is 0. The van der Waals surface area contributed by atoms with Crippen LogP contribution in [0.25, 0.3) is 11.1 Å². The molecule has 0 atom stereocenters. The van der Waals surface area contributed by atoms with E-state index in [1.807, 2.05) is 0 Å². The molecule has 0 heterocycles. The van der Waals surface area contributed by atoms with Crippen molar-refractivity contribution in [1.82, 2.24) is 0 Å². The highest BCUT2D eigenvalue weighted by molar-refractivity contribution is 5.94. The molecule has 0 N–H and O–H groups in total. The maximum atomic E-state index is 13.0. The zero-order valence-corrected chi connectivity index (χ0v) is 23.1. The van der Waals surface area contributed by atoms with Crippen molar-refractivity contribution in [1.29, 1.82) is 0 Å². The molecule has 0 aliphatic heterocycles. The van der Waals surface area contributed by atoms with Gasteiger partial charge in [0.05, 0.1) is 0 Å². The second-order valence-corrected chi connectivity index (χ2v) is 8.82. The first-order chi connectivity index (χ1) is 21.6. The van der Waals surface area contributed by atoms with Gasteiger partial charge >= 0.3 is 48.6 Å². The molecule has 0 unspecified atom stereocenters. The van der Waals surface area contributed by atoms with Crippen molar-refractivity contribution >= 4 is 23.9 Å². The first-order valence-electron chi connectivity index (χ1n) is 11.9. The predicted octanol–water partition coefficient (Wildman–Crippen LogP) is 7.45. The lowest BCUT2D eigenvalue weighted by molar-refractivity contribution is -0.145. The number of halogens is 12. The summed E-state index contributed by atoms with van der Waals surface area (Å²) >= 11 is 0. The average molecular weight is 706 g/mol. The molecule has 0 fully saturated rings. The monoisotopic (exact) mass is 706 g/mol. The topological polar surface area (TPSA) is 105 Å². The average Bonchev–Trinajstić information content (AvgIpc) is 2.93. The Morgan fingerprint density at radius 3 is 1.06 bits per heavy atom. The van der Waals surface area contributed by atoms with Crippen molar-refractivity contribution in [3.05, 3.63) is 85.0 Å². The van der Waals surface area contributed by atoms with Gasteiger partial charge in [0.1, 0.15) is 33.8 Å². The van der Waals surface area contributed by atoms with Gasteiger partial charge in [-0.3, -0.25) is 0 Å². The summed E-state index contributed by atoms with van der Waals surface area (Å²) in [6.45, 7) is 9.87. The molecule has 0 spiro atoms. The van der Waals surface area contributed by atoms with Gasteiger partial charge in [0.2, 0.25) is 0 Å². The second-order valence-electron chi connectivity index (χ2n) is 8.82. The Labute approximate surface area is 259 Å². The normalized spacial score (nSPS) is 12.0. The summed E-state index contributed by atoms with van der Waals surface area (Å²) < 4.78 is 173. The lowest BCUT2D eigenvalue weighted by atomic mass is 10.0. The van der Waals surface area contributed by atoms with Gasteiger partial charge in [0.25, 0.3) is 0 Å². The van der Waals surface area contributed by atoms with Gasteiger partial charge in [0, 0.05) is 6.07 Å². The largest absolute Gasteiger partial charge is 0.423 e. The van der Waals surface area contributed by atoms with Crippen LogP contribution >= 0.6 is 0 Å². The quantitative estimate of drug-likeness (QED) is 0.115. The van der Waals surface area contributed by atoms with E-state index >= 15 is 0 Å². The Kier molecular flexibility index (Phi) is 11.0. The van der Waals surface area contributed by atoms with Crippen LogP contribution in [0.5, 0.6) is 23.0 Å². The summed E-state index contributed by atoms with van der Waals surface area (Å²) in [5.41, 5.74) is -9.48. The number of alkyl halides is 12. The van der Waals surface area contributed by atoms with E-state index in [9.17, 15) is 71.9 Å². The van der Waals surface area contributed by atoms with Crippen molar-refractivity contribution in [2.24, 2.45) is 0 Å². The van der Waals surface area contributed by atoms with Crippen molar-refractivity contribution < 1.29 is 90.8 Å². The van der Waals surface area contributed by atoms with Gasteiger partial charge in [0.15, 0.2) is 11.5 Å². The van der Waals surface area contributed by atoms with Crippen molar-refractivity contribution in [3.63, 3.8) is 0 Å². The first-order valence-corrected chi connectivity index (χ1v) is 11.9. The van der Waals surface area contributed by atoms with Crippen LogP contribution in [0, 0.1) is 0 Å². The maximum absolute atomic E-state index is 13.0. The lowest BCUT2D eigenvalue weighted by Crippen LogP contribution is -2.25. The smallest absolute Gasteiger partial charge is 0.422 e. The van der Waals surface area contributed by atoms with Gasteiger partial charge in [-0.2, -0.15) is 52.7 Å². The number of esters is 4. The molecular formula is C28H14F12O8. The van der Waals surface area contributed by atoms with Crippen LogP contribution in [0.1, 0.15) is 0 Å². The minimum atomic E-state index is -5.41. The Balaban J connectivity index is 2.74. The molecule has 0 aliphatic carbocycles. The van der Waals surface area contributed by atoms with Crippen LogP contribution in [0.4, 0.5) is 52.7 Å². The highest BCUT2D eigenvalue weighted by Crippen LogP contribution is 2.39. The van der Waals surface area contributed by atoms with E-state index in [0.717, 1.165) is 6.07 Å². The van der Waals surface area contributed by atoms with Crippen LogP contribution in [-0.2, 0) is 19.2 Å². The fraction of sp³-hybridized carbons (Fsp3) is 0.143. The molecule has 0 amide bonds. The summed E-state index contributed by atoms with van der Waals surface area (Å²) in [4.78, 5) is 48.0. The van der Waals surface area contributed by atoms with Gasteiger partial charge in [-0.25, -0.2) is 19.2 Å². The molecule has 0 radical (unpaired) electrons. The van der Waals surface area contributed by atoms with Crippen molar-refractivity contribution in [2.75, 3.05) is 0 Å². The molecule has 0 aromatic heterocycles. The fourth-order valence-corrected chi connectivity index (χ4v) is 2.83. The van der Waals surface area contributed by atoms with Crippen LogP contribution < -0.4 is 18.9 Å². The van der Waals surface area contributed by atoms with Gasteiger partial charge in [-0.1, -0.05) is 32.4 Å². The van der Waals surface area contributed by atoms with E-state index in [1.54, 1.807) is 0 Å². The molecular weight excluding hydrogens is 692 g/mol. The molecule has 0 aliphatic rings. The second kappa shape index (κ2) is 13.7. The molecule has 2 aromatic carbocycles. The van der Waals surface area contributed by atoms with E-state index in [4.69, 9.17) is 0 Å². The summed E-state index contributed by atoms with van der Waals surface area (Å²) in [6.07, 6.45) is -21.4. The molecule has 0 saturated heterocycles. The summed E-state index contributed by atoms with van der Waals surface area (Å²) in [5.74, 6) is -13.2. The number of rotatable bonds is 9. The Bertz CT molecular complexity index is 1650. The third kappa shape index (κ3) is 9.97. The minimum absolute atomic E-state index is 0.444. The number of benzene rings is 2. The number of carbonyl (C=O) groups is 4. The molecule has 8 nitrogen and oxygen atoms in total. The zero-order valence-electron chi connectivity index (χ0n) is 23.1. The number of carbonyl (C=O) groups excluding carboxylic acids is 4. The number of ether oxygens (including phenoxy) is 4. The van der Waals surface area contributed by atoms with Gasteiger partial charge in [-0.05, 0) is 35.4 Å². The van der Waals surface area contributed by atoms with E-state index in [2.05, 4.69) is 45.3 Å². The molecule has 2 aromatic rings. The SMILES string of the molecule is C=C(C(=O)Oc1cc(OC(=O)C(=C)C(F)(F)F)cc(-c2ccc(OC(=O)C(=C)C(F)(F)F)c(OC(=O)C(=C)C(F)(F)F)c2)c1)C(F)(F)F. The highest BCUT2D eigenvalue weighted by Gasteiger charge is 2.41. The standard InChI is InChI=1S/C28H14F12O8/c1-11(25(29,30)31)21(41)45-17-7-16(8-18(10-17)46-22(42)12(2)26(32,33)34)15-5-6-19(47-23(43)13(3)27(35,36)37)20(9-15)48-24(44)14(4)28(38,39)40/h5-10H,1-4H2. The fourth-order valence-electron chi connectivity index (χ4n) is 2.83. The maximum Gasteiger partial charge on any atom is 0.422 e. The third-order valence-electron chi connectivity index (χ3n) is 5.34. The minimum Gasteiger partial charge on any atom is -0.423 e. The Hall–Kier alpha value is -5.56. The van der Waals surface area contributed by atoms with Gasteiger partial charge in [-0.15, -0.1) is 0 Å². The molecule has 0 bridgehead atoms. The van der Waals surface area contributed by atoms with E-state index < -0.39 is 105 Å². The van der Waals surface area contributed by atoms with Crippen molar-refractivity contribution in [3.8, 4) is 34.1 Å². The van der Waals surface area contributed by atoms with E-state index in [1.165, 1.54) is 0 Å². The van der Waals surface area contributed by atoms with Crippen LogP contribution in [-0.4, -0.2) is 48.6 Å². The summed E-state index contributed by atoms with van der Waals surface area (Å²) in [6, 6.07) is 3.49. The number of hydrogen-bond donors (Lipinski definition) is 0.